The molecule has 4 nitrogen and oxygen atoms in total. The Hall–Kier alpha value is -3.47. The number of benzene rings is 3. The zero-order valence-electron chi connectivity index (χ0n) is 17.5. The van der Waals surface area contributed by atoms with Crippen molar-refractivity contribution in [2.24, 2.45) is 5.92 Å². The highest BCUT2D eigenvalue weighted by molar-refractivity contribution is 5.95. The van der Waals surface area contributed by atoms with Gasteiger partial charge in [0.15, 0.2) is 0 Å². The summed E-state index contributed by atoms with van der Waals surface area (Å²) in [5, 5.41) is 0. The molecular weight excluding hydrogens is 391 g/mol. The third-order valence-corrected chi connectivity index (χ3v) is 5.80. The Morgan fingerprint density at radius 2 is 1.71 bits per heavy atom. The van der Waals surface area contributed by atoms with E-state index in [0.29, 0.717) is 31.6 Å². The predicted octanol–water partition coefficient (Wildman–Crippen LogP) is 4.27. The number of amides is 2. The number of hydrogen-bond donors (Lipinski definition) is 0. The molecule has 1 aliphatic rings. The molecule has 1 fully saturated rings. The lowest BCUT2D eigenvalue weighted by Crippen LogP contribution is -2.37. The first kappa shape index (κ1) is 20.8. The highest BCUT2D eigenvalue weighted by atomic mass is 19.1. The zero-order chi connectivity index (χ0) is 21.8. The van der Waals surface area contributed by atoms with Crippen molar-refractivity contribution < 1.29 is 14.0 Å². The largest absolute Gasteiger partial charge is 0.344 e. The summed E-state index contributed by atoms with van der Waals surface area (Å²) in [5.41, 5.74) is 3.28. The monoisotopic (exact) mass is 416 g/mol. The molecule has 2 amide bonds. The molecule has 0 N–H and O–H groups in total. The van der Waals surface area contributed by atoms with E-state index < -0.39 is 0 Å². The second-order valence-corrected chi connectivity index (χ2v) is 7.95. The quantitative estimate of drug-likeness (QED) is 0.638. The summed E-state index contributed by atoms with van der Waals surface area (Å²) in [4.78, 5) is 29.6. The summed E-state index contributed by atoms with van der Waals surface area (Å²) >= 11 is 0. The maximum Gasteiger partial charge on any atom is 0.253 e. The van der Waals surface area contributed by atoms with E-state index in [1.165, 1.54) is 12.1 Å². The third-order valence-electron chi connectivity index (χ3n) is 5.80. The van der Waals surface area contributed by atoms with Gasteiger partial charge in [0.2, 0.25) is 5.91 Å². The highest BCUT2D eigenvalue weighted by Gasteiger charge is 2.31. The first-order chi connectivity index (χ1) is 15.0. The summed E-state index contributed by atoms with van der Waals surface area (Å²) in [7, 11) is 1.78. The molecule has 1 aliphatic heterocycles. The molecule has 31 heavy (non-hydrogen) atoms. The van der Waals surface area contributed by atoms with Crippen LogP contribution in [0.4, 0.5) is 4.39 Å². The summed E-state index contributed by atoms with van der Waals surface area (Å²) in [5.74, 6) is -0.698. The topological polar surface area (TPSA) is 40.6 Å². The van der Waals surface area contributed by atoms with E-state index in [1.54, 1.807) is 35.0 Å². The van der Waals surface area contributed by atoms with Gasteiger partial charge < -0.3 is 9.80 Å². The summed E-state index contributed by atoms with van der Waals surface area (Å²) in [6.07, 6.45) is 0.481. The molecule has 158 valence electrons. The third kappa shape index (κ3) is 4.66. The summed E-state index contributed by atoms with van der Waals surface area (Å²) < 4.78 is 13.8. The van der Waals surface area contributed by atoms with Gasteiger partial charge in [0.05, 0.1) is 5.92 Å². The molecule has 0 aliphatic carbocycles. The number of rotatable bonds is 4. The lowest BCUT2D eigenvalue weighted by Gasteiger charge is -2.24. The number of hydrogen-bond acceptors (Lipinski definition) is 2. The number of carbonyl (C=O) groups is 2. The van der Waals surface area contributed by atoms with Gasteiger partial charge in [-0.05, 0) is 47.4 Å². The van der Waals surface area contributed by atoms with Crippen LogP contribution in [0.15, 0.2) is 78.9 Å². The smallest absolute Gasteiger partial charge is 0.253 e. The van der Waals surface area contributed by atoms with Gasteiger partial charge in [-0.1, -0.05) is 54.6 Å². The van der Waals surface area contributed by atoms with Gasteiger partial charge in [-0.2, -0.15) is 0 Å². The maximum atomic E-state index is 13.8. The lowest BCUT2D eigenvalue weighted by molar-refractivity contribution is -0.133. The van der Waals surface area contributed by atoms with Gasteiger partial charge >= 0.3 is 0 Å². The first-order valence-corrected chi connectivity index (χ1v) is 10.5. The van der Waals surface area contributed by atoms with Gasteiger partial charge in [0, 0.05) is 32.2 Å². The van der Waals surface area contributed by atoms with Crippen molar-refractivity contribution >= 4 is 11.8 Å². The Balaban J connectivity index is 1.62. The van der Waals surface area contributed by atoms with E-state index in [9.17, 15) is 14.0 Å². The molecular formula is C26H25FN2O2. The van der Waals surface area contributed by atoms with Crippen LogP contribution in [-0.2, 0) is 11.2 Å². The molecule has 0 radical (unpaired) electrons. The van der Waals surface area contributed by atoms with Gasteiger partial charge in [-0.15, -0.1) is 0 Å². The van der Waals surface area contributed by atoms with Crippen LogP contribution in [0.25, 0.3) is 11.1 Å². The van der Waals surface area contributed by atoms with Gasteiger partial charge in [-0.3, -0.25) is 9.59 Å². The van der Waals surface area contributed by atoms with Crippen LogP contribution in [-0.4, -0.2) is 48.3 Å². The maximum absolute atomic E-state index is 13.8. The average molecular weight is 416 g/mol. The number of carbonyl (C=O) groups excluding carboxylic acids is 2. The van der Waals surface area contributed by atoms with Crippen molar-refractivity contribution in [3.05, 3.63) is 95.8 Å². The molecule has 0 spiro atoms. The van der Waals surface area contributed by atoms with Crippen LogP contribution in [0.2, 0.25) is 0 Å². The molecule has 1 atom stereocenters. The van der Waals surface area contributed by atoms with E-state index in [-0.39, 0.29) is 23.5 Å². The Bertz CT molecular complexity index is 1080. The van der Waals surface area contributed by atoms with Gasteiger partial charge in [-0.25, -0.2) is 4.39 Å². The van der Waals surface area contributed by atoms with Crippen LogP contribution in [0.1, 0.15) is 15.9 Å². The molecule has 1 saturated heterocycles. The minimum atomic E-state index is -0.366. The van der Waals surface area contributed by atoms with Crippen molar-refractivity contribution in [1.29, 1.82) is 0 Å². The van der Waals surface area contributed by atoms with Crippen molar-refractivity contribution in [2.45, 2.75) is 6.42 Å². The van der Waals surface area contributed by atoms with E-state index in [0.717, 1.165) is 16.7 Å². The predicted molar refractivity (Wildman–Crippen MR) is 119 cm³/mol. The SMILES string of the molecule is CN1CCN(C(=O)c2ccccc2)CC(Cc2ccccc2-c2cccc(F)c2)C1=O. The Labute approximate surface area is 181 Å². The molecule has 1 unspecified atom stereocenters. The van der Waals surface area contributed by atoms with Crippen molar-refractivity contribution in [2.75, 3.05) is 26.7 Å². The molecule has 0 aromatic heterocycles. The van der Waals surface area contributed by atoms with E-state index >= 15 is 0 Å². The van der Waals surface area contributed by atoms with Crippen molar-refractivity contribution in [3.8, 4) is 11.1 Å². The van der Waals surface area contributed by atoms with Crippen LogP contribution in [0, 0.1) is 11.7 Å². The van der Waals surface area contributed by atoms with Crippen LogP contribution in [0.5, 0.6) is 0 Å². The number of likely N-dealkylation sites (N-methyl/N-ethyl adjacent to an activating group) is 1. The fourth-order valence-electron chi connectivity index (χ4n) is 4.13. The second-order valence-electron chi connectivity index (χ2n) is 7.95. The molecule has 3 aromatic carbocycles. The molecule has 3 aromatic rings. The minimum Gasteiger partial charge on any atom is -0.344 e. The fourth-order valence-corrected chi connectivity index (χ4v) is 4.13. The number of nitrogens with zero attached hydrogens (tertiary/aromatic N) is 2. The molecule has 5 heteroatoms. The zero-order valence-corrected chi connectivity index (χ0v) is 17.5. The fraction of sp³-hybridized carbons (Fsp3) is 0.231. The molecule has 4 rings (SSSR count). The van der Waals surface area contributed by atoms with Crippen LogP contribution >= 0.6 is 0 Å². The van der Waals surface area contributed by atoms with E-state index in [1.807, 2.05) is 48.5 Å². The highest BCUT2D eigenvalue weighted by Crippen LogP contribution is 2.28. The Kier molecular flexibility index (Phi) is 6.12. The van der Waals surface area contributed by atoms with Crippen LogP contribution in [0.3, 0.4) is 0 Å². The molecule has 0 bridgehead atoms. The normalized spacial score (nSPS) is 16.8. The average Bonchev–Trinajstić information content (AvgIpc) is 2.93. The van der Waals surface area contributed by atoms with Crippen molar-refractivity contribution in [3.63, 3.8) is 0 Å². The lowest BCUT2D eigenvalue weighted by atomic mass is 9.91. The summed E-state index contributed by atoms with van der Waals surface area (Å²) in [6, 6.07) is 23.4. The Morgan fingerprint density at radius 3 is 2.48 bits per heavy atom. The second kappa shape index (κ2) is 9.13. The Morgan fingerprint density at radius 1 is 0.968 bits per heavy atom. The van der Waals surface area contributed by atoms with Gasteiger partial charge in [0.25, 0.3) is 5.91 Å². The number of halogens is 1. The van der Waals surface area contributed by atoms with Gasteiger partial charge in [0.1, 0.15) is 5.82 Å². The molecule has 0 saturated carbocycles. The minimum absolute atomic E-state index is 0.0254. The summed E-state index contributed by atoms with van der Waals surface area (Å²) in [6.45, 7) is 1.35. The standard InChI is InChI=1S/C26H25FN2O2/c1-28-14-15-29(26(31)19-8-3-2-4-9-19)18-22(25(28)30)16-20-10-5-6-13-24(20)21-11-7-12-23(27)17-21/h2-13,17,22H,14-16,18H2,1H3. The molecule has 1 heterocycles. The van der Waals surface area contributed by atoms with Crippen molar-refractivity contribution in [1.82, 2.24) is 9.80 Å². The van der Waals surface area contributed by atoms with Crippen LogP contribution < -0.4 is 0 Å². The van der Waals surface area contributed by atoms with E-state index in [4.69, 9.17) is 0 Å². The van der Waals surface area contributed by atoms with E-state index in [2.05, 4.69) is 0 Å². The first-order valence-electron chi connectivity index (χ1n) is 10.5.